The van der Waals surface area contributed by atoms with Crippen LogP contribution in [0.5, 0.6) is 6.01 Å². The van der Waals surface area contributed by atoms with Crippen LogP contribution < -0.4 is 20.7 Å². The standard InChI is InChI=1S/C21H19F4N7O2/c1-4-16(33)28-15-7-11(2)5-6-14(15)29-18-13(21(23,24)25)10-26-19(31-18)30-17-12(8-22)9-27-20(32-17)34-3/h4-7,9-10H,1,8H2,2-3H3,(H,28,33)(H2,26,27,29,30,31,32). The number of aromatic nitrogens is 4. The summed E-state index contributed by atoms with van der Waals surface area (Å²) in [6.45, 7) is 4.16. The lowest BCUT2D eigenvalue weighted by Gasteiger charge is -2.17. The second kappa shape index (κ2) is 10.1. The van der Waals surface area contributed by atoms with Gasteiger partial charge in [-0.2, -0.15) is 23.1 Å². The summed E-state index contributed by atoms with van der Waals surface area (Å²) in [5.41, 5.74) is -0.0321. The van der Waals surface area contributed by atoms with E-state index in [1.165, 1.54) is 13.2 Å². The molecule has 0 aliphatic heterocycles. The number of hydrogen-bond donors (Lipinski definition) is 3. The normalized spacial score (nSPS) is 11.0. The van der Waals surface area contributed by atoms with Gasteiger partial charge >= 0.3 is 12.2 Å². The van der Waals surface area contributed by atoms with E-state index in [4.69, 9.17) is 4.74 Å². The predicted molar refractivity (Wildman–Crippen MR) is 117 cm³/mol. The van der Waals surface area contributed by atoms with Gasteiger partial charge in [-0.15, -0.1) is 0 Å². The predicted octanol–water partition coefficient (Wildman–Crippen LogP) is 4.68. The van der Waals surface area contributed by atoms with E-state index in [1.807, 2.05) is 0 Å². The minimum absolute atomic E-state index is 0.0202. The Hall–Kier alpha value is -4.29. The Morgan fingerprint density at radius 1 is 1.12 bits per heavy atom. The Kier molecular flexibility index (Phi) is 7.24. The first-order valence-electron chi connectivity index (χ1n) is 9.62. The highest BCUT2D eigenvalue weighted by Crippen LogP contribution is 2.37. The first kappa shape index (κ1) is 24.4. The number of benzene rings is 1. The number of halogens is 4. The first-order chi connectivity index (χ1) is 16.1. The molecule has 9 nitrogen and oxygen atoms in total. The quantitative estimate of drug-likeness (QED) is 0.317. The largest absolute Gasteiger partial charge is 0.467 e. The Morgan fingerprint density at radius 2 is 1.88 bits per heavy atom. The molecule has 0 saturated carbocycles. The average Bonchev–Trinajstić information content (AvgIpc) is 2.80. The van der Waals surface area contributed by atoms with Gasteiger partial charge in [0.15, 0.2) is 0 Å². The summed E-state index contributed by atoms with van der Waals surface area (Å²) >= 11 is 0. The maximum atomic E-state index is 13.6. The highest BCUT2D eigenvalue weighted by atomic mass is 19.4. The van der Waals surface area contributed by atoms with E-state index in [-0.39, 0.29) is 34.7 Å². The lowest BCUT2D eigenvalue weighted by atomic mass is 10.1. The van der Waals surface area contributed by atoms with Crippen LogP contribution in [0.3, 0.4) is 0 Å². The molecule has 13 heteroatoms. The van der Waals surface area contributed by atoms with E-state index >= 15 is 0 Å². The van der Waals surface area contributed by atoms with E-state index in [1.54, 1.807) is 19.1 Å². The third-order valence-corrected chi connectivity index (χ3v) is 4.36. The van der Waals surface area contributed by atoms with Crippen LogP contribution >= 0.6 is 0 Å². The average molecular weight is 477 g/mol. The van der Waals surface area contributed by atoms with Gasteiger partial charge in [0.25, 0.3) is 0 Å². The summed E-state index contributed by atoms with van der Waals surface area (Å²) in [4.78, 5) is 27.1. The van der Waals surface area contributed by atoms with Crippen molar-refractivity contribution in [2.45, 2.75) is 19.8 Å². The van der Waals surface area contributed by atoms with Gasteiger partial charge in [-0.1, -0.05) is 12.6 Å². The minimum atomic E-state index is -4.79. The van der Waals surface area contributed by atoms with Crippen molar-refractivity contribution in [3.05, 3.63) is 59.9 Å². The number of carbonyl (C=O) groups excluding carboxylic acids is 1. The van der Waals surface area contributed by atoms with Crippen LogP contribution in [0.4, 0.5) is 46.5 Å². The molecule has 0 spiro atoms. The van der Waals surface area contributed by atoms with Crippen LogP contribution in [-0.4, -0.2) is 33.0 Å². The number of anilines is 5. The van der Waals surface area contributed by atoms with Crippen LogP contribution in [0, 0.1) is 6.92 Å². The molecule has 0 aliphatic carbocycles. The molecular formula is C21H19F4N7O2. The minimum Gasteiger partial charge on any atom is -0.467 e. The molecule has 0 bridgehead atoms. The molecule has 0 aliphatic rings. The summed E-state index contributed by atoms with van der Waals surface area (Å²) in [5.74, 6) is -1.53. The third kappa shape index (κ3) is 5.74. The Morgan fingerprint density at radius 3 is 2.53 bits per heavy atom. The summed E-state index contributed by atoms with van der Waals surface area (Å²) in [6, 6.07) is 4.60. The molecule has 3 aromatic rings. The Balaban J connectivity index is 2.04. The van der Waals surface area contributed by atoms with Gasteiger partial charge in [-0.25, -0.2) is 14.4 Å². The summed E-state index contributed by atoms with van der Waals surface area (Å²) < 4.78 is 59.2. The number of nitrogens with zero attached hydrogens (tertiary/aromatic N) is 4. The van der Waals surface area contributed by atoms with Crippen molar-refractivity contribution in [2.24, 2.45) is 0 Å². The number of aryl methyl sites for hydroxylation is 1. The highest BCUT2D eigenvalue weighted by molar-refractivity contribution is 6.01. The van der Waals surface area contributed by atoms with Crippen molar-refractivity contribution in [3.63, 3.8) is 0 Å². The van der Waals surface area contributed by atoms with E-state index in [0.29, 0.717) is 6.20 Å². The summed E-state index contributed by atoms with van der Waals surface area (Å²) in [7, 11) is 1.30. The molecule has 3 rings (SSSR count). The van der Waals surface area contributed by atoms with Crippen LogP contribution in [0.15, 0.2) is 43.2 Å². The van der Waals surface area contributed by atoms with Crippen molar-refractivity contribution in [1.29, 1.82) is 0 Å². The third-order valence-electron chi connectivity index (χ3n) is 4.36. The number of rotatable bonds is 8. The number of amides is 1. The van der Waals surface area contributed by atoms with Gasteiger partial charge in [0.2, 0.25) is 11.9 Å². The second-order valence-electron chi connectivity index (χ2n) is 6.81. The van der Waals surface area contributed by atoms with Crippen LogP contribution in [0.25, 0.3) is 0 Å². The molecule has 0 fully saturated rings. The molecule has 2 heterocycles. The molecule has 0 atom stereocenters. The van der Waals surface area contributed by atoms with E-state index in [9.17, 15) is 22.4 Å². The number of nitrogens with one attached hydrogen (secondary N) is 3. The van der Waals surface area contributed by atoms with Crippen molar-refractivity contribution < 1.29 is 27.1 Å². The maximum absolute atomic E-state index is 13.6. The van der Waals surface area contributed by atoms with Crippen LogP contribution in [-0.2, 0) is 17.6 Å². The molecule has 178 valence electrons. The number of methoxy groups -OCH3 is 1. The highest BCUT2D eigenvalue weighted by Gasteiger charge is 2.35. The zero-order chi connectivity index (χ0) is 24.9. The summed E-state index contributed by atoms with van der Waals surface area (Å²) in [5, 5.41) is 7.70. The number of carbonyl (C=O) groups is 1. The molecular weight excluding hydrogens is 458 g/mol. The van der Waals surface area contributed by atoms with E-state index < -0.39 is 30.1 Å². The van der Waals surface area contributed by atoms with Gasteiger partial charge in [-0.3, -0.25) is 4.79 Å². The molecule has 1 aromatic carbocycles. The molecule has 34 heavy (non-hydrogen) atoms. The second-order valence-corrected chi connectivity index (χ2v) is 6.81. The monoisotopic (exact) mass is 477 g/mol. The lowest BCUT2D eigenvalue weighted by Crippen LogP contribution is -2.14. The van der Waals surface area contributed by atoms with Gasteiger partial charge in [0.05, 0.1) is 18.5 Å². The fourth-order valence-corrected chi connectivity index (χ4v) is 2.73. The fourth-order valence-electron chi connectivity index (χ4n) is 2.73. The maximum Gasteiger partial charge on any atom is 0.421 e. The first-order valence-corrected chi connectivity index (χ1v) is 9.62. The van der Waals surface area contributed by atoms with Crippen molar-refractivity contribution in [2.75, 3.05) is 23.1 Å². The smallest absolute Gasteiger partial charge is 0.421 e. The van der Waals surface area contributed by atoms with Gasteiger partial charge in [0.1, 0.15) is 23.9 Å². The van der Waals surface area contributed by atoms with Crippen molar-refractivity contribution in [1.82, 2.24) is 19.9 Å². The molecule has 2 aromatic heterocycles. The number of alkyl halides is 4. The Labute approximate surface area is 191 Å². The molecule has 1 amide bonds. The Bertz CT molecular complexity index is 1220. The zero-order valence-corrected chi connectivity index (χ0v) is 18.0. The zero-order valence-electron chi connectivity index (χ0n) is 18.0. The van der Waals surface area contributed by atoms with Crippen LogP contribution in [0.2, 0.25) is 0 Å². The van der Waals surface area contributed by atoms with Gasteiger partial charge < -0.3 is 20.7 Å². The van der Waals surface area contributed by atoms with Crippen molar-refractivity contribution in [3.8, 4) is 6.01 Å². The van der Waals surface area contributed by atoms with Crippen molar-refractivity contribution >= 4 is 34.9 Å². The fraction of sp³-hybridized carbons (Fsp3) is 0.190. The molecule has 0 saturated heterocycles. The van der Waals surface area contributed by atoms with Gasteiger partial charge in [0, 0.05) is 18.0 Å². The molecule has 3 N–H and O–H groups in total. The lowest BCUT2D eigenvalue weighted by molar-refractivity contribution is -0.137. The summed E-state index contributed by atoms with van der Waals surface area (Å²) in [6.07, 6.45) is -2.03. The van der Waals surface area contributed by atoms with E-state index in [0.717, 1.165) is 17.8 Å². The number of hydrogen-bond acceptors (Lipinski definition) is 8. The molecule has 0 radical (unpaired) electrons. The van der Waals surface area contributed by atoms with Crippen LogP contribution in [0.1, 0.15) is 16.7 Å². The molecule has 0 unspecified atom stereocenters. The SMILES string of the molecule is C=CC(=O)Nc1cc(C)ccc1Nc1nc(Nc2nc(OC)ncc2CF)ncc1C(F)(F)F. The van der Waals surface area contributed by atoms with Gasteiger partial charge in [-0.05, 0) is 30.7 Å². The topological polar surface area (TPSA) is 114 Å². The van der Waals surface area contributed by atoms with E-state index in [2.05, 4.69) is 42.5 Å². The number of ether oxygens (including phenoxy) is 1.